The van der Waals surface area contributed by atoms with Crippen LogP contribution < -0.4 is 15.4 Å². The number of aliphatic hydroxyl groups is 1. The van der Waals surface area contributed by atoms with Crippen molar-refractivity contribution in [3.63, 3.8) is 0 Å². The van der Waals surface area contributed by atoms with Gasteiger partial charge in [-0.3, -0.25) is 9.78 Å². The summed E-state index contributed by atoms with van der Waals surface area (Å²) in [7, 11) is 1.72. The molecule has 0 aliphatic carbocycles. The molecule has 1 N–H and O–H groups in total. The van der Waals surface area contributed by atoms with E-state index < -0.39 is 12.5 Å². The van der Waals surface area contributed by atoms with Crippen LogP contribution in [0.3, 0.4) is 0 Å². The molecule has 162 valence electrons. The van der Waals surface area contributed by atoms with Gasteiger partial charge in [0, 0.05) is 55.5 Å². The van der Waals surface area contributed by atoms with Crippen molar-refractivity contribution < 1.29 is 13.9 Å². The maximum absolute atomic E-state index is 13.4. The van der Waals surface area contributed by atoms with Crippen LogP contribution in [0.25, 0.3) is 10.9 Å². The molecule has 3 aromatic heterocycles. The molecule has 0 amide bonds. The van der Waals surface area contributed by atoms with E-state index in [1.165, 1.54) is 12.3 Å². The lowest BCUT2D eigenvalue weighted by Gasteiger charge is -2.38. The number of aliphatic hydroxyl groups excluding tert-OH is 1. The zero-order chi connectivity index (χ0) is 21.9. The predicted octanol–water partition coefficient (Wildman–Crippen LogP) is 2.84. The molecule has 9 heteroatoms. The average molecular weight is 427 g/mol. The lowest BCUT2D eigenvalue weighted by molar-refractivity contribution is 0.141. The highest BCUT2D eigenvalue weighted by atomic mass is 19.3. The fraction of sp³-hybridized carbons (Fsp3) is 0.409. The molecular formula is C22H23F2N5O2. The summed E-state index contributed by atoms with van der Waals surface area (Å²) in [5, 5.41) is 10.5. The molecule has 1 saturated heterocycles. The van der Waals surface area contributed by atoms with Crippen molar-refractivity contribution in [3.05, 3.63) is 51.6 Å². The maximum Gasteiger partial charge on any atom is 0.265 e. The zero-order valence-electron chi connectivity index (χ0n) is 17.3. The zero-order valence-corrected chi connectivity index (χ0v) is 17.3. The fourth-order valence-corrected chi connectivity index (χ4v) is 4.38. The van der Waals surface area contributed by atoms with Gasteiger partial charge in [-0.1, -0.05) is 0 Å². The molecule has 1 fully saturated rings. The summed E-state index contributed by atoms with van der Waals surface area (Å²) in [5.74, 6) is 1.26. The van der Waals surface area contributed by atoms with Crippen LogP contribution in [-0.2, 0) is 13.5 Å². The molecule has 0 radical (unpaired) electrons. The van der Waals surface area contributed by atoms with E-state index in [0.717, 1.165) is 17.5 Å². The smallest absolute Gasteiger partial charge is 0.265 e. The van der Waals surface area contributed by atoms with Crippen LogP contribution in [0.15, 0.2) is 29.2 Å². The number of anilines is 3. The van der Waals surface area contributed by atoms with Gasteiger partial charge in [0.1, 0.15) is 11.6 Å². The minimum Gasteiger partial charge on any atom is -0.389 e. The molecule has 7 nitrogen and oxygen atoms in total. The van der Waals surface area contributed by atoms with Gasteiger partial charge >= 0.3 is 0 Å². The molecule has 5 heterocycles. The van der Waals surface area contributed by atoms with Gasteiger partial charge in [0.05, 0.1) is 23.0 Å². The van der Waals surface area contributed by atoms with Crippen LogP contribution >= 0.6 is 0 Å². The number of rotatable bonds is 3. The standard InChI is InChI=1S/C22H23F2N5O2/c1-12-6-15-17(27(2)22(12)31)8-19(28-10-14(30)11-28)26-21(15)29-5-3-4-16-18(29)7-13(9-25-16)20(23)24/h6-9,14,20,30H,3-5,10-11H2,1-2H3. The van der Waals surface area contributed by atoms with Crippen LogP contribution in [0.4, 0.5) is 26.1 Å². The molecule has 3 aromatic rings. The van der Waals surface area contributed by atoms with E-state index in [1.807, 2.05) is 21.9 Å². The van der Waals surface area contributed by atoms with E-state index in [4.69, 9.17) is 4.98 Å². The van der Waals surface area contributed by atoms with E-state index >= 15 is 0 Å². The third-order valence-corrected chi connectivity index (χ3v) is 6.12. The quantitative estimate of drug-likeness (QED) is 0.693. The van der Waals surface area contributed by atoms with Crippen molar-refractivity contribution in [2.75, 3.05) is 29.4 Å². The number of halogens is 2. The summed E-state index contributed by atoms with van der Waals surface area (Å²) in [5.41, 5.74) is 2.46. The number of fused-ring (bicyclic) bond motifs is 2. The number of alkyl halides is 2. The Morgan fingerprint density at radius 2 is 2.00 bits per heavy atom. The summed E-state index contributed by atoms with van der Waals surface area (Å²) in [6.07, 6.45) is -0.249. The van der Waals surface area contributed by atoms with Crippen molar-refractivity contribution in [2.45, 2.75) is 32.3 Å². The number of aromatic nitrogens is 3. The highest BCUT2D eigenvalue weighted by molar-refractivity contribution is 5.94. The molecule has 2 aliphatic heterocycles. The first-order valence-electron chi connectivity index (χ1n) is 10.3. The van der Waals surface area contributed by atoms with Crippen LogP contribution in [0.5, 0.6) is 0 Å². The second kappa shape index (κ2) is 7.26. The van der Waals surface area contributed by atoms with Gasteiger partial charge in [0.25, 0.3) is 12.0 Å². The van der Waals surface area contributed by atoms with E-state index in [2.05, 4.69) is 4.98 Å². The Morgan fingerprint density at radius 3 is 2.71 bits per heavy atom. The van der Waals surface area contributed by atoms with Crippen molar-refractivity contribution in [1.29, 1.82) is 0 Å². The third kappa shape index (κ3) is 3.23. The van der Waals surface area contributed by atoms with Gasteiger partial charge in [-0.15, -0.1) is 0 Å². The summed E-state index contributed by atoms with van der Waals surface area (Å²) in [4.78, 5) is 25.6. The van der Waals surface area contributed by atoms with Crippen molar-refractivity contribution in [1.82, 2.24) is 14.5 Å². The first-order chi connectivity index (χ1) is 14.8. The Kier molecular flexibility index (Phi) is 4.65. The molecule has 0 unspecified atom stereocenters. The molecule has 0 bridgehead atoms. The Hall–Kier alpha value is -3.07. The number of hydrogen-bond donors (Lipinski definition) is 1. The number of nitrogens with zero attached hydrogens (tertiary/aromatic N) is 5. The van der Waals surface area contributed by atoms with Gasteiger partial charge in [0.15, 0.2) is 0 Å². The normalized spacial score (nSPS) is 16.7. The molecule has 2 aliphatic rings. The summed E-state index contributed by atoms with van der Waals surface area (Å²) in [6, 6.07) is 5.16. The lowest BCUT2D eigenvalue weighted by atomic mass is 10.0. The van der Waals surface area contributed by atoms with Crippen LogP contribution in [0, 0.1) is 6.92 Å². The SMILES string of the molecule is Cc1cc2c(N3CCCc4ncc(C(F)F)cc43)nc(N3CC(O)C3)cc2n(C)c1=O. The second-order valence-corrected chi connectivity index (χ2v) is 8.28. The number of pyridine rings is 3. The van der Waals surface area contributed by atoms with Gasteiger partial charge in [-0.05, 0) is 31.9 Å². The molecular weight excluding hydrogens is 404 g/mol. The number of β-amino-alcohol motifs (C(OH)–C–C–N with tert-alkyl or cyclic N) is 1. The molecule has 31 heavy (non-hydrogen) atoms. The monoisotopic (exact) mass is 427 g/mol. The van der Waals surface area contributed by atoms with E-state index in [9.17, 15) is 18.7 Å². The lowest BCUT2D eigenvalue weighted by Crippen LogP contribution is -2.51. The van der Waals surface area contributed by atoms with Crippen LogP contribution in [0.2, 0.25) is 0 Å². The summed E-state index contributed by atoms with van der Waals surface area (Å²) < 4.78 is 28.4. The first kappa shape index (κ1) is 19.9. The van der Waals surface area contributed by atoms with Crippen molar-refractivity contribution in [2.24, 2.45) is 7.05 Å². The Labute approximate surface area is 177 Å². The number of hydrogen-bond acceptors (Lipinski definition) is 6. The van der Waals surface area contributed by atoms with Gasteiger partial charge in [0.2, 0.25) is 0 Å². The highest BCUT2D eigenvalue weighted by Gasteiger charge is 2.29. The van der Waals surface area contributed by atoms with E-state index in [1.54, 1.807) is 18.5 Å². The van der Waals surface area contributed by atoms with E-state index in [0.29, 0.717) is 54.5 Å². The van der Waals surface area contributed by atoms with Gasteiger partial charge < -0.3 is 19.5 Å². The van der Waals surface area contributed by atoms with E-state index in [-0.39, 0.29) is 11.1 Å². The Morgan fingerprint density at radius 1 is 1.23 bits per heavy atom. The van der Waals surface area contributed by atoms with Gasteiger partial charge in [-0.2, -0.15) is 0 Å². The Bertz CT molecular complexity index is 1240. The maximum atomic E-state index is 13.4. The third-order valence-electron chi connectivity index (χ3n) is 6.12. The largest absolute Gasteiger partial charge is 0.389 e. The minimum atomic E-state index is -2.61. The molecule has 0 saturated carbocycles. The van der Waals surface area contributed by atoms with Crippen molar-refractivity contribution >= 4 is 28.2 Å². The van der Waals surface area contributed by atoms with Crippen LogP contribution in [0.1, 0.15) is 29.7 Å². The molecule has 5 rings (SSSR count). The topological polar surface area (TPSA) is 74.5 Å². The average Bonchev–Trinajstić information content (AvgIpc) is 2.74. The summed E-state index contributed by atoms with van der Waals surface area (Å²) >= 11 is 0. The number of aryl methyl sites for hydroxylation is 3. The minimum absolute atomic E-state index is 0.0973. The summed E-state index contributed by atoms with van der Waals surface area (Å²) in [6.45, 7) is 3.29. The van der Waals surface area contributed by atoms with Crippen LogP contribution in [-0.4, -0.2) is 45.4 Å². The van der Waals surface area contributed by atoms with Crippen molar-refractivity contribution in [3.8, 4) is 0 Å². The molecule has 0 spiro atoms. The van der Waals surface area contributed by atoms with Gasteiger partial charge in [-0.25, -0.2) is 13.8 Å². The Balaban J connectivity index is 1.75. The predicted molar refractivity (Wildman–Crippen MR) is 114 cm³/mol. The first-order valence-corrected chi connectivity index (χ1v) is 10.3. The molecule has 0 atom stereocenters. The highest BCUT2D eigenvalue weighted by Crippen LogP contribution is 2.39. The second-order valence-electron chi connectivity index (χ2n) is 8.28. The molecule has 0 aromatic carbocycles. The fourth-order valence-electron chi connectivity index (χ4n) is 4.38.